The number of amides is 1. The molecule has 1 saturated carbocycles. The van der Waals surface area contributed by atoms with Gasteiger partial charge in [-0.05, 0) is 19.8 Å². The number of rotatable bonds is 2. The Labute approximate surface area is 123 Å². The highest BCUT2D eigenvalue weighted by molar-refractivity contribution is 7.13. The molecule has 0 atom stereocenters. The molecule has 1 aliphatic heterocycles. The lowest BCUT2D eigenvalue weighted by atomic mass is 9.97. The van der Waals surface area contributed by atoms with Crippen molar-refractivity contribution in [2.24, 2.45) is 5.73 Å². The zero-order valence-corrected chi connectivity index (χ0v) is 12.8. The molecule has 1 aromatic heterocycles. The van der Waals surface area contributed by atoms with Crippen LogP contribution in [0.1, 0.15) is 31.4 Å². The van der Waals surface area contributed by atoms with E-state index in [1.807, 2.05) is 11.8 Å². The third kappa shape index (κ3) is 2.54. The molecule has 2 N–H and O–H groups in total. The number of hydrogen-bond donors (Lipinski definition) is 1. The van der Waals surface area contributed by atoms with E-state index in [1.165, 1.54) is 0 Å². The number of anilines is 1. The second kappa shape index (κ2) is 5.33. The van der Waals surface area contributed by atoms with E-state index in [2.05, 4.69) is 15.3 Å². The van der Waals surface area contributed by atoms with Gasteiger partial charge in [0, 0.05) is 31.6 Å². The van der Waals surface area contributed by atoms with E-state index in [4.69, 9.17) is 5.73 Å². The molecule has 1 aromatic rings. The minimum absolute atomic E-state index is 0.157. The number of aromatic nitrogens is 1. The van der Waals surface area contributed by atoms with Gasteiger partial charge in [-0.25, -0.2) is 4.98 Å². The molecule has 110 valence electrons. The summed E-state index contributed by atoms with van der Waals surface area (Å²) in [5.74, 6) is 0.157. The first-order valence-electron chi connectivity index (χ1n) is 7.34. The lowest BCUT2D eigenvalue weighted by Crippen LogP contribution is -2.58. The summed E-state index contributed by atoms with van der Waals surface area (Å²) in [6.07, 6.45) is 3.86. The molecule has 0 unspecified atom stereocenters. The van der Waals surface area contributed by atoms with Crippen LogP contribution in [-0.4, -0.2) is 47.5 Å². The summed E-state index contributed by atoms with van der Waals surface area (Å²) in [6, 6.07) is 0. The molecule has 3 rings (SSSR count). The monoisotopic (exact) mass is 294 g/mol. The molecular weight excluding hydrogens is 272 g/mol. The van der Waals surface area contributed by atoms with Gasteiger partial charge in [-0.3, -0.25) is 4.79 Å². The topological polar surface area (TPSA) is 62.5 Å². The summed E-state index contributed by atoms with van der Waals surface area (Å²) in [4.78, 5) is 21.3. The number of nitrogens with zero attached hydrogens (tertiary/aromatic N) is 3. The second-order valence-electron chi connectivity index (χ2n) is 5.91. The molecule has 2 heterocycles. The van der Waals surface area contributed by atoms with Crippen LogP contribution in [0.2, 0.25) is 0 Å². The molecule has 6 heteroatoms. The number of carbonyl (C=O) groups is 1. The summed E-state index contributed by atoms with van der Waals surface area (Å²) in [7, 11) is 0. The van der Waals surface area contributed by atoms with E-state index in [0.717, 1.165) is 62.7 Å². The van der Waals surface area contributed by atoms with Crippen LogP contribution in [0.3, 0.4) is 0 Å². The van der Waals surface area contributed by atoms with Gasteiger partial charge in [0.25, 0.3) is 0 Å². The third-order valence-electron chi connectivity index (χ3n) is 4.37. The first-order valence-corrected chi connectivity index (χ1v) is 8.22. The quantitative estimate of drug-likeness (QED) is 0.895. The fraction of sp³-hybridized carbons (Fsp3) is 0.714. The highest BCUT2D eigenvalue weighted by atomic mass is 32.1. The Morgan fingerprint density at radius 1 is 1.30 bits per heavy atom. The molecule has 0 spiro atoms. The molecule has 0 radical (unpaired) electrons. The molecule has 1 aliphatic carbocycles. The highest BCUT2D eigenvalue weighted by Crippen LogP contribution is 2.30. The number of piperazine rings is 1. The van der Waals surface area contributed by atoms with Gasteiger partial charge in [0.05, 0.1) is 11.2 Å². The highest BCUT2D eigenvalue weighted by Gasteiger charge is 2.40. The van der Waals surface area contributed by atoms with E-state index in [9.17, 15) is 4.79 Å². The molecule has 1 saturated heterocycles. The second-order valence-corrected chi connectivity index (χ2v) is 6.75. The Morgan fingerprint density at radius 3 is 2.50 bits per heavy atom. The first kappa shape index (κ1) is 13.8. The van der Waals surface area contributed by atoms with Crippen molar-refractivity contribution < 1.29 is 4.79 Å². The molecule has 1 amide bonds. The van der Waals surface area contributed by atoms with Crippen molar-refractivity contribution in [2.75, 3.05) is 31.1 Å². The first-order chi connectivity index (χ1) is 9.58. The van der Waals surface area contributed by atoms with Gasteiger partial charge < -0.3 is 15.5 Å². The normalized spacial score (nSPS) is 22.3. The predicted molar refractivity (Wildman–Crippen MR) is 81.0 cm³/mol. The van der Waals surface area contributed by atoms with Crippen LogP contribution in [0.25, 0.3) is 0 Å². The van der Waals surface area contributed by atoms with Gasteiger partial charge in [-0.1, -0.05) is 12.8 Å². The predicted octanol–water partition coefficient (Wildman–Crippen LogP) is 1.37. The number of carbonyl (C=O) groups excluding carboxylic acids is 1. The Kier molecular flexibility index (Phi) is 3.69. The smallest absolute Gasteiger partial charge is 0.242 e. The maximum Gasteiger partial charge on any atom is 0.242 e. The van der Waals surface area contributed by atoms with E-state index in [-0.39, 0.29) is 5.91 Å². The molecule has 5 nitrogen and oxygen atoms in total. The van der Waals surface area contributed by atoms with Crippen molar-refractivity contribution in [2.45, 2.75) is 38.1 Å². The standard InChI is InChI=1S/C14H22N4OS/c1-11-10-20-13(16-11)18-8-6-17(7-9-18)12(19)14(15)4-2-3-5-14/h10H,2-9,15H2,1H3. The van der Waals surface area contributed by atoms with Crippen molar-refractivity contribution in [1.82, 2.24) is 9.88 Å². The summed E-state index contributed by atoms with van der Waals surface area (Å²) in [5, 5.41) is 3.14. The Morgan fingerprint density at radius 2 is 1.95 bits per heavy atom. The number of nitrogens with two attached hydrogens (primary N) is 1. The lowest BCUT2D eigenvalue weighted by Gasteiger charge is -2.38. The number of hydrogen-bond acceptors (Lipinski definition) is 5. The lowest BCUT2D eigenvalue weighted by molar-refractivity contribution is -0.137. The molecule has 0 bridgehead atoms. The average molecular weight is 294 g/mol. The molecule has 2 fully saturated rings. The van der Waals surface area contributed by atoms with Gasteiger partial charge in [0.2, 0.25) is 5.91 Å². The van der Waals surface area contributed by atoms with Crippen molar-refractivity contribution >= 4 is 22.4 Å². The van der Waals surface area contributed by atoms with Crippen molar-refractivity contribution in [1.29, 1.82) is 0 Å². The molecular formula is C14H22N4OS. The number of thiazole rings is 1. The fourth-order valence-electron chi connectivity index (χ4n) is 3.12. The Hall–Kier alpha value is -1.14. The third-order valence-corrected chi connectivity index (χ3v) is 5.39. The van der Waals surface area contributed by atoms with E-state index < -0.39 is 5.54 Å². The van der Waals surface area contributed by atoms with Crippen LogP contribution in [0.5, 0.6) is 0 Å². The van der Waals surface area contributed by atoms with Crippen LogP contribution in [-0.2, 0) is 4.79 Å². The molecule has 20 heavy (non-hydrogen) atoms. The Bertz CT molecular complexity index is 487. The summed E-state index contributed by atoms with van der Waals surface area (Å²) < 4.78 is 0. The van der Waals surface area contributed by atoms with Crippen LogP contribution in [0.4, 0.5) is 5.13 Å². The van der Waals surface area contributed by atoms with Crippen LogP contribution in [0.15, 0.2) is 5.38 Å². The molecule has 0 aromatic carbocycles. The van der Waals surface area contributed by atoms with E-state index in [0.29, 0.717) is 0 Å². The fourth-order valence-corrected chi connectivity index (χ4v) is 3.98. The Balaban J connectivity index is 1.59. The van der Waals surface area contributed by atoms with Gasteiger partial charge in [0.15, 0.2) is 5.13 Å². The van der Waals surface area contributed by atoms with Gasteiger partial charge in [-0.2, -0.15) is 0 Å². The zero-order valence-electron chi connectivity index (χ0n) is 12.0. The van der Waals surface area contributed by atoms with Gasteiger partial charge >= 0.3 is 0 Å². The van der Waals surface area contributed by atoms with Gasteiger partial charge in [0.1, 0.15) is 0 Å². The SMILES string of the molecule is Cc1csc(N2CCN(C(=O)C3(N)CCCC3)CC2)n1. The summed E-state index contributed by atoms with van der Waals surface area (Å²) in [6.45, 7) is 5.24. The van der Waals surface area contributed by atoms with Crippen molar-refractivity contribution in [3.05, 3.63) is 11.1 Å². The van der Waals surface area contributed by atoms with Crippen LogP contribution < -0.4 is 10.6 Å². The minimum atomic E-state index is -0.583. The zero-order chi connectivity index (χ0) is 14.2. The largest absolute Gasteiger partial charge is 0.345 e. The summed E-state index contributed by atoms with van der Waals surface area (Å²) >= 11 is 1.68. The maximum absolute atomic E-state index is 12.5. The van der Waals surface area contributed by atoms with Crippen LogP contribution >= 0.6 is 11.3 Å². The van der Waals surface area contributed by atoms with E-state index >= 15 is 0 Å². The van der Waals surface area contributed by atoms with Crippen molar-refractivity contribution in [3.8, 4) is 0 Å². The van der Waals surface area contributed by atoms with Gasteiger partial charge in [-0.15, -0.1) is 11.3 Å². The van der Waals surface area contributed by atoms with E-state index in [1.54, 1.807) is 11.3 Å². The number of aryl methyl sites for hydroxylation is 1. The van der Waals surface area contributed by atoms with Crippen LogP contribution in [0, 0.1) is 6.92 Å². The maximum atomic E-state index is 12.5. The molecule has 2 aliphatic rings. The van der Waals surface area contributed by atoms with Crippen molar-refractivity contribution in [3.63, 3.8) is 0 Å². The summed E-state index contributed by atoms with van der Waals surface area (Å²) in [5.41, 5.74) is 6.75. The average Bonchev–Trinajstić information content (AvgIpc) is 3.08. The minimum Gasteiger partial charge on any atom is -0.345 e.